The molecule has 0 N–H and O–H groups in total. The normalized spacial score (nSPS) is 18.0. The predicted molar refractivity (Wildman–Crippen MR) is 83.4 cm³/mol. The van der Waals surface area contributed by atoms with E-state index in [1.165, 1.54) is 12.1 Å². The number of aryl methyl sites for hydroxylation is 1. The maximum Gasteiger partial charge on any atom is 0.160 e. The number of nitrogens with zero attached hydrogens (tertiary/aromatic N) is 4. The van der Waals surface area contributed by atoms with E-state index >= 15 is 0 Å². The van der Waals surface area contributed by atoms with E-state index in [0.717, 1.165) is 42.5 Å². The first-order valence-electron chi connectivity index (χ1n) is 7.66. The first-order chi connectivity index (χ1) is 11.1. The zero-order chi connectivity index (χ0) is 16.0. The maximum absolute atomic E-state index is 14.2. The van der Waals surface area contributed by atoms with Gasteiger partial charge in [0, 0.05) is 23.9 Å². The van der Waals surface area contributed by atoms with Crippen molar-refractivity contribution >= 4 is 11.5 Å². The highest BCUT2D eigenvalue weighted by molar-refractivity contribution is 5.53. The van der Waals surface area contributed by atoms with Crippen LogP contribution >= 0.6 is 0 Å². The summed E-state index contributed by atoms with van der Waals surface area (Å²) < 4.78 is 29.4. The van der Waals surface area contributed by atoms with Crippen LogP contribution in [0.1, 0.15) is 30.0 Å². The lowest BCUT2D eigenvalue weighted by atomic mass is 10.0. The molecule has 23 heavy (non-hydrogen) atoms. The molecule has 3 aromatic rings. The third kappa shape index (κ3) is 2.34. The molecule has 3 heterocycles. The molecular formula is C17H16F2N4. The second kappa shape index (κ2) is 5.30. The number of hydrogen-bond acceptors (Lipinski definition) is 3. The van der Waals surface area contributed by atoms with Gasteiger partial charge in [-0.3, -0.25) is 0 Å². The van der Waals surface area contributed by atoms with E-state index in [-0.39, 0.29) is 11.9 Å². The third-order valence-electron chi connectivity index (χ3n) is 4.39. The second-order valence-corrected chi connectivity index (χ2v) is 5.90. The number of benzene rings is 1. The highest BCUT2D eigenvalue weighted by Crippen LogP contribution is 2.36. The first kappa shape index (κ1) is 14.1. The Morgan fingerprint density at radius 2 is 2.09 bits per heavy atom. The highest BCUT2D eigenvalue weighted by Gasteiger charge is 2.29. The first-order valence-corrected chi connectivity index (χ1v) is 7.66. The molecular weight excluding hydrogens is 298 g/mol. The summed E-state index contributed by atoms with van der Waals surface area (Å²) in [6.07, 6.45) is 5.32. The Kier molecular flexibility index (Phi) is 3.25. The molecule has 1 aliphatic heterocycles. The topological polar surface area (TPSA) is 33.4 Å². The summed E-state index contributed by atoms with van der Waals surface area (Å²) in [5.74, 6) is -0.0135. The average molecular weight is 314 g/mol. The minimum atomic E-state index is -0.414. The van der Waals surface area contributed by atoms with Crippen molar-refractivity contribution in [1.29, 1.82) is 0 Å². The van der Waals surface area contributed by atoms with Gasteiger partial charge in [-0.15, -0.1) is 0 Å². The predicted octanol–water partition coefficient (Wildman–Crippen LogP) is 3.66. The van der Waals surface area contributed by atoms with Crippen molar-refractivity contribution in [3.63, 3.8) is 0 Å². The molecule has 2 aromatic heterocycles. The highest BCUT2D eigenvalue weighted by atomic mass is 19.1. The molecule has 0 amide bonds. The van der Waals surface area contributed by atoms with Gasteiger partial charge in [-0.1, -0.05) is 0 Å². The Morgan fingerprint density at radius 3 is 2.96 bits per heavy atom. The Labute approximate surface area is 132 Å². The summed E-state index contributed by atoms with van der Waals surface area (Å²) in [6.45, 7) is 2.73. The zero-order valence-corrected chi connectivity index (χ0v) is 12.7. The van der Waals surface area contributed by atoms with Crippen molar-refractivity contribution in [1.82, 2.24) is 14.6 Å². The Bertz CT molecular complexity index is 874. The number of rotatable bonds is 2. The molecule has 1 aliphatic rings. The largest absolute Gasteiger partial charge is 0.349 e. The van der Waals surface area contributed by atoms with Gasteiger partial charge in [-0.2, -0.15) is 5.10 Å². The fraction of sp³-hybridized carbons (Fsp3) is 0.294. The number of anilines is 1. The Morgan fingerprint density at radius 1 is 1.22 bits per heavy atom. The van der Waals surface area contributed by atoms with Crippen molar-refractivity contribution < 1.29 is 8.78 Å². The maximum atomic E-state index is 14.2. The van der Waals surface area contributed by atoms with E-state index in [9.17, 15) is 8.78 Å². The van der Waals surface area contributed by atoms with Crippen LogP contribution < -0.4 is 4.90 Å². The molecule has 0 aliphatic carbocycles. The molecule has 6 heteroatoms. The zero-order valence-electron chi connectivity index (χ0n) is 12.7. The molecule has 1 unspecified atom stereocenters. The molecule has 0 bridgehead atoms. The lowest BCUT2D eigenvalue weighted by Crippen LogP contribution is -2.24. The summed E-state index contributed by atoms with van der Waals surface area (Å²) in [5.41, 5.74) is 2.17. The summed E-state index contributed by atoms with van der Waals surface area (Å²) in [4.78, 5) is 6.70. The summed E-state index contributed by atoms with van der Waals surface area (Å²) >= 11 is 0. The standard InChI is InChI=1S/C17H16F2N4/c1-11-10-20-23-8-6-16(21-17(11)23)22-7-2-3-15(22)13-9-12(18)4-5-14(13)19/h4-6,8-10,15H,2-3,7H2,1H3. The van der Waals surface area contributed by atoms with Crippen LogP contribution in [0.2, 0.25) is 0 Å². The van der Waals surface area contributed by atoms with Gasteiger partial charge in [-0.25, -0.2) is 18.3 Å². The smallest absolute Gasteiger partial charge is 0.160 e. The van der Waals surface area contributed by atoms with E-state index < -0.39 is 5.82 Å². The van der Waals surface area contributed by atoms with Crippen molar-refractivity contribution in [2.75, 3.05) is 11.4 Å². The molecule has 0 saturated carbocycles. The van der Waals surface area contributed by atoms with Gasteiger partial charge in [0.25, 0.3) is 0 Å². The van der Waals surface area contributed by atoms with E-state index in [0.29, 0.717) is 5.56 Å². The van der Waals surface area contributed by atoms with Crippen molar-refractivity contribution in [2.45, 2.75) is 25.8 Å². The second-order valence-electron chi connectivity index (χ2n) is 5.90. The van der Waals surface area contributed by atoms with Crippen molar-refractivity contribution in [2.24, 2.45) is 0 Å². The number of fused-ring (bicyclic) bond motifs is 1. The van der Waals surface area contributed by atoms with Gasteiger partial charge in [0.05, 0.1) is 12.2 Å². The van der Waals surface area contributed by atoms with Crippen molar-refractivity contribution in [3.8, 4) is 0 Å². The molecule has 1 saturated heterocycles. The molecule has 1 aromatic carbocycles. The molecule has 0 radical (unpaired) electrons. The van der Waals surface area contributed by atoms with Gasteiger partial charge >= 0.3 is 0 Å². The molecule has 1 fully saturated rings. The van der Waals surface area contributed by atoms with Crippen LogP contribution in [-0.4, -0.2) is 21.1 Å². The van der Waals surface area contributed by atoms with Gasteiger partial charge in [0.1, 0.15) is 17.5 Å². The Hall–Kier alpha value is -2.50. The molecule has 4 rings (SSSR count). The summed E-state index contributed by atoms with van der Waals surface area (Å²) in [7, 11) is 0. The van der Waals surface area contributed by atoms with Gasteiger partial charge < -0.3 is 4.90 Å². The lowest BCUT2D eigenvalue weighted by Gasteiger charge is -2.26. The van der Waals surface area contributed by atoms with E-state index in [1.54, 1.807) is 10.7 Å². The van der Waals surface area contributed by atoms with Crippen LogP contribution in [0, 0.1) is 18.6 Å². The van der Waals surface area contributed by atoms with E-state index in [2.05, 4.69) is 10.1 Å². The number of aromatic nitrogens is 3. The summed E-state index contributed by atoms with van der Waals surface area (Å²) in [6, 6.07) is 5.32. The third-order valence-corrected chi connectivity index (χ3v) is 4.39. The monoisotopic (exact) mass is 314 g/mol. The van der Waals surface area contributed by atoms with Crippen LogP contribution in [0.3, 0.4) is 0 Å². The van der Waals surface area contributed by atoms with Crippen molar-refractivity contribution in [3.05, 3.63) is 59.4 Å². The summed E-state index contributed by atoms with van der Waals surface area (Å²) in [5, 5.41) is 4.21. The van der Waals surface area contributed by atoms with E-state index in [4.69, 9.17) is 0 Å². The van der Waals surface area contributed by atoms with Crippen LogP contribution in [0.15, 0.2) is 36.7 Å². The van der Waals surface area contributed by atoms with Crippen LogP contribution in [0.5, 0.6) is 0 Å². The molecule has 4 nitrogen and oxygen atoms in total. The SMILES string of the molecule is Cc1cnn2ccc(N3CCCC3c3cc(F)ccc3F)nc12. The minimum Gasteiger partial charge on any atom is -0.349 e. The molecule has 1 atom stereocenters. The van der Waals surface area contributed by atoms with E-state index in [1.807, 2.05) is 24.1 Å². The van der Waals surface area contributed by atoms with Crippen LogP contribution in [-0.2, 0) is 0 Å². The number of hydrogen-bond donors (Lipinski definition) is 0. The average Bonchev–Trinajstić information content (AvgIpc) is 3.17. The molecule has 118 valence electrons. The van der Waals surface area contributed by atoms with Gasteiger partial charge in [0.15, 0.2) is 5.65 Å². The number of halogens is 2. The van der Waals surface area contributed by atoms with Gasteiger partial charge in [-0.05, 0) is 44.0 Å². The van der Waals surface area contributed by atoms with Crippen LogP contribution in [0.4, 0.5) is 14.6 Å². The van der Waals surface area contributed by atoms with Crippen LogP contribution in [0.25, 0.3) is 5.65 Å². The quantitative estimate of drug-likeness (QED) is 0.724. The lowest BCUT2D eigenvalue weighted by molar-refractivity contribution is 0.560. The fourth-order valence-corrected chi connectivity index (χ4v) is 3.27. The van der Waals surface area contributed by atoms with Gasteiger partial charge in [0.2, 0.25) is 0 Å². The fourth-order valence-electron chi connectivity index (χ4n) is 3.27. The molecule has 0 spiro atoms. The minimum absolute atomic E-state index is 0.191. The Balaban J connectivity index is 1.76.